The fourth-order valence-corrected chi connectivity index (χ4v) is 3.94. The Hall–Kier alpha value is -2.47. The van der Waals surface area contributed by atoms with Crippen LogP contribution in [0.2, 0.25) is 0 Å². The summed E-state index contributed by atoms with van der Waals surface area (Å²) in [4.78, 5) is 16.0. The standard InChI is InChI=1S/C18H18N4OS/c1-13-16(19-20-22(13)15-5-3-2-4-6-15)11-18(23)21-9-7-17-14(12-21)8-10-24-17/h2-6,8,10H,7,9,11-12H2,1H3. The van der Waals surface area contributed by atoms with Crippen LogP contribution in [-0.2, 0) is 24.2 Å². The Morgan fingerprint density at radius 3 is 2.92 bits per heavy atom. The molecule has 0 radical (unpaired) electrons. The van der Waals surface area contributed by atoms with Crippen LogP contribution in [0.5, 0.6) is 0 Å². The predicted molar refractivity (Wildman–Crippen MR) is 93.2 cm³/mol. The van der Waals surface area contributed by atoms with E-state index in [1.807, 2.05) is 42.2 Å². The molecule has 1 amide bonds. The van der Waals surface area contributed by atoms with Crippen molar-refractivity contribution in [3.05, 3.63) is 63.6 Å². The van der Waals surface area contributed by atoms with Crippen LogP contribution in [-0.4, -0.2) is 32.3 Å². The van der Waals surface area contributed by atoms with Crippen LogP contribution in [0.25, 0.3) is 5.69 Å². The van der Waals surface area contributed by atoms with Crippen LogP contribution < -0.4 is 0 Å². The van der Waals surface area contributed by atoms with E-state index in [1.165, 1.54) is 10.4 Å². The highest BCUT2D eigenvalue weighted by Crippen LogP contribution is 2.24. The first kappa shape index (κ1) is 15.1. The van der Waals surface area contributed by atoms with Crippen molar-refractivity contribution in [1.29, 1.82) is 0 Å². The third kappa shape index (κ3) is 2.73. The SMILES string of the molecule is Cc1c(CC(=O)N2CCc3sccc3C2)nnn1-c1ccccc1. The van der Waals surface area contributed by atoms with Gasteiger partial charge >= 0.3 is 0 Å². The fraction of sp³-hybridized carbons (Fsp3) is 0.278. The maximum Gasteiger partial charge on any atom is 0.229 e. The maximum absolute atomic E-state index is 12.6. The van der Waals surface area contributed by atoms with Gasteiger partial charge in [0.1, 0.15) is 0 Å². The van der Waals surface area contributed by atoms with Crippen LogP contribution in [0, 0.1) is 6.92 Å². The van der Waals surface area contributed by atoms with Gasteiger partial charge < -0.3 is 4.90 Å². The number of para-hydroxylation sites is 1. The van der Waals surface area contributed by atoms with Gasteiger partial charge in [0.05, 0.1) is 23.5 Å². The summed E-state index contributed by atoms with van der Waals surface area (Å²) in [6, 6.07) is 12.0. The van der Waals surface area contributed by atoms with Crippen molar-refractivity contribution in [1.82, 2.24) is 19.9 Å². The Balaban J connectivity index is 1.50. The van der Waals surface area contributed by atoms with E-state index in [2.05, 4.69) is 21.8 Å². The number of aromatic nitrogens is 3. The van der Waals surface area contributed by atoms with Crippen molar-refractivity contribution in [2.45, 2.75) is 26.3 Å². The lowest BCUT2D eigenvalue weighted by atomic mass is 10.1. The molecule has 0 saturated heterocycles. The predicted octanol–water partition coefficient (Wildman–Crippen LogP) is 2.76. The summed E-state index contributed by atoms with van der Waals surface area (Å²) in [5.74, 6) is 0.120. The number of amides is 1. The fourth-order valence-electron chi connectivity index (χ4n) is 3.05. The third-order valence-corrected chi connectivity index (χ3v) is 5.49. The van der Waals surface area contributed by atoms with Gasteiger partial charge in [-0.25, -0.2) is 4.68 Å². The number of carbonyl (C=O) groups excluding carboxylic acids is 1. The van der Waals surface area contributed by atoms with Crippen molar-refractivity contribution in [2.24, 2.45) is 0 Å². The molecule has 6 heteroatoms. The number of carbonyl (C=O) groups is 1. The first-order valence-electron chi connectivity index (χ1n) is 8.02. The zero-order chi connectivity index (χ0) is 16.5. The van der Waals surface area contributed by atoms with Gasteiger partial charge in [-0.15, -0.1) is 16.4 Å². The molecule has 1 aliphatic heterocycles. The first-order valence-corrected chi connectivity index (χ1v) is 8.90. The van der Waals surface area contributed by atoms with E-state index in [0.717, 1.165) is 30.0 Å². The minimum atomic E-state index is 0.120. The van der Waals surface area contributed by atoms with Gasteiger partial charge in [0.25, 0.3) is 0 Å². The van der Waals surface area contributed by atoms with Crippen molar-refractivity contribution in [2.75, 3.05) is 6.54 Å². The molecule has 3 aromatic rings. The molecule has 122 valence electrons. The summed E-state index contributed by atoms with van der Waals surface area (Å²) in [6.07, 6.45) is 1.26. The average molecular weight is 338 g/mol. The van der Waals surface area contributed by atoms with E-state index in [1.54, 1.807) is 16.0 Å². The summed E-state index contributed by atoms with van der Waals surface area (Å²) in [5, 5.41) is 10.5. The molecule has 5 nitrogen and oxygen atoms in total. The van der Waals surface area contributed by atoms with Gasteiger partial charge in [-0.05, 0) is 42.5 Å². The summed E-state index contributed by atoms with van der Waals surface area (Å²) in [7, 11) is 0. The second-order valence-corrected chi connectivity index (χ2v) is 6.98. The Labute approximate surface area is 144 Å². The molecule has 0 fully saturated rings. The average Bonchev–Trinajstić information content (AvgIpc) is 3.22. The van der Waals surface area contributed by atoms with Gasteiger partial charge in [-0.2, -0.15) is 0 Å². The molecule has 0 spiro atoms. The molecule has 1 aromatic carbocycles. The lowest BCUT2D eigenvalue weighted by molar-refractivity contribution is -0.131. The monoisotopic (exact) mass is 338 g/mol. The largest absolute Gasteiger partial charge is 0.338 e. The molecular weight excluding hydrogens is 320 g/mol. The molecule has 24 heavy (non-hydrogen) atoms. The Morgan fingerprint density at radius 2 is 2.08 bits per heavy atom. The molecule has 1 aliphatic rings. The molecular formula is C18H18N4OS. The van der Waals surface area contributed by atoms with Crippen LogP contribution in [0.15, 0.2) is 41.8 Å². The summed E-state index contributed by atoms with van der Waals surface area (Å²) >= 11 is 1.78. The highest BCUT2D eigenvalue weighted by Gasteiger charge is 2.23. The molecule has 3 heterocycles. The van der Waals surface area contributed by atoms with Gasteiger partial charge in [-0.3, -0.25) is 4.79 Å². The number of fused-ring (bicyclic) bond motifs is 1. The summed E-state index contributed by atoms with van der Waals surface area (Å²) in [6.45, 7) is 3.46. The van der Waals surface area contributed by atoms with E-state index in [0.29, 0.717) is 13.0 Å². The zero-order valence-electron chi connectivity index (χ0n) is 13.5. The second kappa shape index (κ2) is 6.20. The molecule has 0 saturated carbocycles. The normalized spacial score (nSPS) is 13.8. The lowest BCUT2D eigenvalue weighted by Gasteiger charge is -2.26. The minimum Gasteiger partial charge on any atom is -0.338 e. The van der Waals surface area contributed by atoms with Gasteiger partial charge in [-0.1, -0.05) is 23.4 Å². The topological polar surface area (TPSA) is 51.0 Å². The number of thiophene rings is 1. The molecule has 0 aliphatic carbocycles. The molecule has 0 N–H and O–H groups in total. The summed E-state index contributed by atoms with van der Waals surface area (Å²) in [5.41, 5.74) is 3.91. The van der Waals surface area contributed by atoms with Crippen LogP contribution >= 0.6 is 11.3 Å². The third-order valence-electron chi connectivity index (χ3n) is 4.47. The van der Waals surface area contributed by atoms with E-state index in [9.17, 15) is 4.79 Å². The number of nitrogens with zero attached hydrogens (tertiary/aromatic N) is 4. The second-order valence-electron chi connectivity index (χ2n) is 5.98. The highest BCUT2D eigenvalue weighted by atomic mass is 32.1. The zero-order valence-corrected chi connectivity index (χ0v) is 14.3. The van der Waals surface area contributed by atoms with Crippen molar-refractivity contribution in [3.8, 4) is 5.69 Å². The van der Waals surface area contributed by atoms with E-state index in [4.69, 9.17) is 0 Å². The molecule has 0 atom stereocenters. The molecule has 0 bridgehead atoms. The summed E-state index contributed by atoms with van der Waals surface area (Å²) < 4.78 is 1.79. The highest BCUT2D eigenvalue weighted by molar-refractivity contribution is 7.10. The smallest absolute Gasteiger partial charge is 0.229 e. The number of hydrogen-bond acceptors (Lipinski definition) is 4. The van der Waals surface area contributed by atoms with Crippen molar-refractivity contribution < 1.29 is 4.79 Å². The number of hydrogen-bond donors (Lipinski definition) is 0. The van der Waals surface area contributed by atoms with Crippen LogP contribution in [0.1, 0.15) is 21.8 Å². The minimum absolute atomic E-state index is 0.120. The molecule has 2 aromatic heterocycles. The number of benzene rings is 1. The first-order chi connectivity index (χ1) is 11.7. The lowest BCUT2D eigenvalue weighted by Crippen LogP contribution is -2.36. The Kier molecular flexibility index (Phi) is 3.90. The van der Waals surface area contributed by atoms with Gasteiger partial charge in [0, 0.05) is 18.0 Å². The van der Waals surface area contributed by atoms with Gasteiger partial charge in [0.2, 0.25) is 5.91 Å². The molecule has 0 unspecified atom stereocenters. The Bertz CT molecular complexity index is 868. The Morgan fingerprint density at radius 1 is 1.25 bits per heavy atom. The van der Waals surface area contributed by atoms with Crippen molar-refractivity contribution in [3.63, 3.8) is 0 Å². The quantitative estimate of drug-likeness (QED) is 0.738. The van der Waals surface area contributed by atoms with Gasteiger partial charge in [0.15, 0.2) is 0 Å². The van der Waals surface area contributed by atoms with Crippen LogP contribution in [0.3, 0.4) is 0 Å². The molecule has 4 rings (SSSR count). The van der Waals surface area contributed by atoms with E-state index in [-0.39, 0.29) is 5.91 Å². The maximum atomic E-state index is 12.6. The number of rotatable bonds is 3. The van der Waals surface area contributed by atoms with Crippen LogP contribution in [0.4, 0.5) is 0 Å². The van der Waals surface area contributed by atoms with Crippen molar-refractivity contribution >= 4 is 17.2 Å². The van der Waals surface area contributed by atoms with E-state index < -0.39 is 0 Å². The van der Waals surface area contributed by atoms with E-state index >= 15 is 0 Å².